The Bertz CT molecular complexity index is 169. The molecule has 64 valence electrons. The Morgan fingerprint density at radius 2 is 2.00 bits per heavy atom. The minimum Gasteiger partial charge on any atom is -0.388 e. The number of nitrogens with two attached hydrogens (primary N) is 1. The average molecular weight is 159 g/mol. The zero-order valence-electron chi connectivity index (χ0n) is 6.23. The van der Waals surface area contributed by atoms with Crippen molar-refractivity contribution in [2.75, 3.05) is 6.61 Å². The molecular weight excluding hydrogens is 146 g/mol. The molecule has 0 aromatic heterocycles. The van der Waals surface area contributed by atoms with Crippen LogP contribution in [0.5, 0.6) is 0 Å². The third kappa shape index (κ3) is 1.06. The van der Waals surface area contributed by atoms with Gasteiger partial charge in [-0.1, -0.05) is 0 Å². The Morgan fingerprint density at radius 3 is 2.36 bits per heavy atom. The summed E-state index contributed by atoms with van der Waals surface area (Å²) in [6.45, 7) is 0.213. The maximum absolute atomic E-state index is 9.38. The van der Waals surface area contributed by atoms with Gasteiger partial charge in [0.15, 0.2) is 0 Å². The van der Waals surface area contributed by atoms with Crippen LogP contribution in [0.3, 0.4) is 0 Å². The summed E-state index contributed by atoms with van der Waals surface area (Å²) in [5, 5.41) is 18.5. The van der Waals surface area contributed by atoms with Crippen LogP contribution in [0.4, 0.5) is 0 Å². The third-order valence-corrected chi connectivity index (χ3v) is 2.54. The SMILES string of the molecule is NC1(C2OCC(O)C2O)CC1. The van der Waals surface area contributed by atoms with E-state index < -0.39 is 12.2 Å². The van der Waals surface area contributed by atoms with Gasteiger partial charge in [-0.05, 0) is 12.8 Å². The number of aliphatic hydroxyl groups is 2. The zero-order valence-corrected chi connectivity index (χ0v) is 6.23. The highest BCUT2D eigenvalue weighted by Gasteiger charge is 2.54. The molecule has 2 rings (SSSR count). The standard InChI is InChI=1S/C7H13NO3/c8-7(1-2-7)6-5(10)4(9)3-11-6/h4-6,9-10H,1-3,8H2. The van der Waals surface area contributed by atoms with Crippen LogP contribution in [0.25, 0.3) is 0 Å². The minimum absolute atomic E-state index is 0.213. The molecule has 1 saturated heterocycles. The van der Waals surface area contributed by atoms with E-state index in [1.54, 1.807) is 0 Å². The number of rotatable bonds is 1. The summed E-state index contributed by atoms with van der Waals surface area (Å²) in [5.74, 6) is 0. The van der Waals surface area contributed by atoms with E-state index in [0.717, 1.165) is 12.8 Å². The van der Waals surface area contributed by atoms with E-state index in [-0.39, 0.29) is 18.2 Å². The fourth-order valence-electron chi connectivity index (χ4n) is 1.54. The lowest BCUT2D eigenvalue weighted by Crippen LogP contribution is -2.45. The van der Waals surface area contributed by atoms with Gasteiger partial charge in [-0.15, -0.1) is 0 Å². The highest BCUT2D eigenvalue weighted by atomic mass is 16.5. The van der Waals surface area contributed by atoms with Gasteiger partial charge in [-0.3, -0.25) is 0 Å². The van der Waals surface area contributed by atoms with Crippen LogP contribution in [0.1, 0.15) is 12.8 Å². The van der Waals surface area contributed by atoms with E-state index in [1.165, 1.54) is 0 Å². The maximum Gasteiger partial charge on any atom is 0.110 e. The molecule has 1 saturated carbocycles. The number of hydrogen-bond acceptors (Lipinski definition) is 4. The molecule has 1 aliphatic carbocycles. The van der Waals surface area contributed by atoms with E-state index in [4.69, 9.17) is 15.6 Å². The molecule has 1 aliphatic heterocycles. The van der Waals surface area contributed by atoms with Gasteiger partial charge in [0.2, 0.25) is 0 Å². The summed E-state index contributed by atoms with van der Waals surface area (Å²) in [6.07, 6.45) is -0.107. The summed E-state index contributed by atoms with van der Waals surface area (Å²) in [4.78, 5) is 0. The maximum atomic E-state index is 9.38. The average Bonchev–Trinajstić information content (AvgIpc) is 2.60. The zero-order chi connectivity index (χ0) is 8.06. The summed E-state index contributed by atoms with van der Waals surface area (Å²) >= 11 is 0. The van der Waals surface area contributed by atoms with E-state index in [0.29, 0.717) is 0 Å². The summed E-state index contributed by atoms with van der Waals surface area (Å²) < 4.78 is 5.18. The van der Waals surface area contributed by atoms with Crippen molar-refractivity contribution >= 4 is 0 Å². The van der Waals surface area contributed by atoms with Crippen molar-refractivity contribution in [3.05, 3.63) is 0 Å². The van der Waals surface area contributed by atoms with Gasteiger partial charge >= 0.3 is 0 Å². The second-order valence-electron chi connectivity index (χ2n) is 3.55. The molecule has 0 aromatic carbocycles. The van der Waals surface area contributed by atoms with E-state index in [9.17, 15) is 5.11 Å². The Morgan fingerprint density at radius 1 is 1.36 bits per heavy atom. The van der Waals surface area contributed by atoms with Gasteiger partial charge in [0.05, 0.1) is 6.61 Å². The van der Waals surface area contributed by atoms with Crippen LogP contribution in [0.15, 0.2) is 0 Å². The monoisotopic (exact) mass is 159 g/mol. The van der Waals surface area contributed by atoms with Crippen LogP contribution < -0.4 is 5.73 Å². The largest absolute Gasteiger partial charge is 0.388 e. The first-order chi connectivity index (χ1) is 5.13. The molecule has 1 heterocycles. The van der Waals surface area contributed by atoms with Gasteiger partial charge in [-0.2, -0.15) is 0 Å². The van der Waals surface area contributed by atoms with E-state index in [1.807, 2.05) is 0 Å². The van der Waals surface area contributed by atoms with Crippen molar-refractivity contribution in [2.24, 2.45) is 5.73 Å². The smallest absolute Gasteiger partial charge is 0.110 e. The van der Waals surface area contributed by atoms with Crippen LogP contribution in [-0.4, -0.2) is 40.7 Å². The highest BCUT2D eigenvalue weighted by molar-refractivity contribution is 5.10. The number of ether oxygens (including phenoxy) is 1. The normalized spacial score (nSPS) is 47.7. The second kappa shape index (κ2) is 2.17. The van der Waals surface area contributed by atoms with Gasteiger partial charge in [0, 0.05) is 5.54 Å². The third-order valence-electron chi connectivity index (χ3n) is 2.54. The number of aliphatic hydroxyl groups excluding tert-OH is 2. The summed E-state index contributed by atoms with van der Waals surface area (Å²) in [6, 6.07) is 0. The molecule has 4 nitrogen and oxygen atoms in total. The molecule has 4 heteroatoms. The van der Waals surface area contributed by atoms with Crippen LogP contribution in [-0.2, 0) is 4.74 Å². The van der Waals surface area contributed by atoms with Crippen molar-refractivity contribution in [3.8, 4) is 0 Å². The van der Waals surface area contributed by atoms with Crippen molar-refractivity contribution in [1.82, 2.24) is 0 Å². The molecule has 0 radical (unpaired) electrons. The molecule has 11 heavy (non-hydrogen) atoms. The molecule has 2 fully saturated rings. The predicted octanol–water partition coefficient (Wildman–Crippen LogP) is -1.40. The quantitative estimate of drug-likeness (QED) is 0.440. The van der Waals surface area contributed by atoms with Gasteiger partial charge in [0.25, 0.3) is 0 Å². The highest BCUT2D eigenvalue weighted by Crippen LogP contribution is 2.41. The lowest BCUT2D eigenvalue weighted by Gasteiger charge is -2.20. The van der Waals surface area contributed by atoms with Gasteiger partial charge in [0.1, 0.15) is 18.3 Å². The summed E-state index contributed by atoms with van der Waals surface area (Å²) in [5.41, 5.74) is 5.46. The Kier molecular flexibility index (Phi) is 1.47. The van der Waals surface area contributed by atoms with Crippen LogP contribution in [0.2, 0.25) is 0 Å². The molecule has 0 spiro atoms. The number of hydrogen-bond donors (Lipinski definition) is 3. The second-order valence-corrected chi connectivity index (χ2v) is 3.55. The fourth-order valence-corrected chi connectivity index (χ4v) is 1.54. The van der Waals surface area contributed by atoms with Crippen molar-refractivity contribution < 1.29 is 14.9 Å². The van der Waals surface area contributed by atoms with Crippen molar-refractivity contribution in [2.45, 2.75) is 36.7 Å². The Balaban J connectivity index is 2.05. The Labute approximate surface area is 65.0 Å². The predicted molar refractivity (Wildman–Crippen MR) is 37.9 cm³/mol. The van der Waals surface area contributed by atoms with Crippen molar-refractivity contribution in [3.63, 3.8) is 0 Å². The minimum atomic E-state index is -0.789. The lowest BCUT2D eigenvalue weighted by molar-refractivity contribution is 0.00520. The van der Waals surface area contributed by atoms with Gasteiger partial charge < -0.3 is 20.7 Å². The molecule has 3 unspecified atom stereocenters. The van der Waals surface area contributed by atoms with Crippen molar-refractivity contribution in [1.29, 1.82) is 0 Å². The first-order valence-corrected chi connectivity index (χ1v) is 3.90. The van der Waals surface area contributed by atoms with Crippen LogP contribution in [0, 0.1) is 0 Å². The van der Waals surface area contributed by atoms with E-state index >= 15 is 0 Å². The van der Waals surface area contributed by atoms with Gasteiger partial charge in [-0.25, -0.2) is 0 Å². The molecule has 0 bridgehead atoms. The molecule has 4 N–H and O–H groups in total. The van der Waals surface area contributed by atoms with Crippen LogP contribution >= 0.6 is 0 Å². The first kappa shape index (κ1) is 7.49. The molecule has 3 atom stereocenters. The molecular formula is C7H13NO3. The van der Waals surface area contributed by atoms with E-state index in [2.05, 4.69) is 0 Å². The lowest BCUT2D eigenvalue weighted by atomic mass is 10.0. The Hall–Kier alpha value is -0.160. The molecule has 2 aliphatic rings. The summed E-state index contributed by atoms with van der Waals surface area (Å²) in [7, 11) is 0. The fraction of sp³-hybridized carbons (Fsp3) is 1.00. The molecule has 0 aromatic rings. The molecule has 0 amide bonds. The topological polar surface area (TPSA) is 75.7 Å². The first-order valence-electron chi connectivity index (χ1n) is 3.90.